The van der Waals surface area contributed by atoms with Gasteiger partial charge in [0.25, 0.3) is 5.91 Å². The van der Waals surface area contributed by atoms with Crippen molar-refractivity contribution >= 4 is 5.91 Å². The van der Waals surface area contributed by atoms with Crippen LogP contribution in [0.2, 0.25) is 0 Å². The lowest BCUT2D eigenvalue weighted by Crippen LogP contribution is -2.31. The lowest BCUT2D eigenvalue weighted by atomic mass is 9.92. The second-order valence-corrected chi connectivity index (χ2v) is 7.45. The maximum absolute atomic E-state index is 12.5. The van der Waals surface area contributed by atoms with Crippen LogP contribution in [0.5, 0.6) is 0 Å². The first-order chi connectivity index (χ1) is 10.8. The summed E-state index contributed by atoms with van der Waals surface area (Å²) < 4.78 is 1.84. The maximum atomic E-state index is 12.5. The molecular weight excluding hydrogens is 290 g/mol. The molecule has 1 aromatic heterocycles. The third kappa shape index (κ3) is 6.34. The molecule has 2 N–H and O–H groups in total. The fourth-order valence-electron chi connectivity index (χ4n) is 2.25. The maximum Gasteiger partial charge on any atom is 0.269 e. The van der Waals surface area contributed by atoms with Gasteiger partial charge in [0.2, 0.25) is 0 Å². The molecule has 1 rings (SSSR count). The molecule has 0 fully saturated rings. The Labute approximate surface area is 140 Å². The number of aliphatic hydroxyl groups is 1. The zero-order chi connectivity index (χ0) is 17.5. The summed E-state index contributed by atoms with van der Waals surface area (Å²) in [6.07, 6.45) is 4.60. The van der Waals surface area contributed by atoms with Crippen LogP contribution < -0.4 is 5.32 Å². The highest BCUT2D eigenvalue weighted by Gasteiger charge is 2.22. The number of carbonyl (C=O) groups is 1. The molecule has 1 aromatic rings. The molecule has 0 aliphatic rings. The zero-order valence-electron chi connectivity index (χ0n) is 15.4. The van der Waals surface area contributed by atoms with E-state index in [0.29, 0.717) is 12.2 Å². The minimum Gasteiger partial charge on any atom is -0.396 e. The molecule has 1 amide bonds. The predicted molar refractivity (Wildman–Crippen MR) is 93.7 cm³/mol. The van der Waals surface area contributed by atoms with E-state index in [1.165, 1.54) is 12.8 Å². The van der Waals surface area contributed by atoms with Gasteiger partial charge in [0.15, 0.2) is 0 Å². The van der Waals surface area contributed by atoms with Crippen LogP contribution in [0.25, 0.3) is 0 Å². The second-order valence-electron chi connectivity index (χ2n) is 7.45. The summed E-state index contributed by atoms with van der Waals surface area (Å²) in [5.41, 5.74) is 1.48. The van der Waals surface area contributed by atoms with Crippen molar-refractivity contribution in [1.29, 1.82) is 0 Å². The van der Waals surface area contributed by atoms with Gasteiger partial charge in [-0.3, -0.25) is 9.48 Å². The molecule has 5 heteroatoms. The van der Waals surface area contributed by atoms with E-state index in [1.54, 1.807) is 0 Å². The highest BCUT2D eigenvalue weighted by atomic mass is 16.3. The molecule has 0 aliphatic carbocycles. The number of nitrogens with one attached hydrogen (secondary N) is 1. The highest BCUT2D eigenvalue weighted by Crippen LogP contribution is 2.22. The second kappa shape index (κ2) is 9.06. The Morgan fingerprint density at radius 3 is 2.61 bits per heavy atom. The van der Waals surface area contributed by atoms with Crippen LogP contribution in [-0.4, -0.2) is 33.9 Å². The van der Waals surface area contributed by atoms with Gasteiger partial charge in [-0.1, -0.05) is 53.9 Å². The predicted octanol–water partition coefficient (Wildman–Crippen LogP) is 3.12. The molecule has 1 unspecified atom stereocenters. The number of amides is 1. The summed E-state index contributed by atoms with van der Waals surface area (Å²) in [7, 11) is 0. The molecule has 0 aliphatic heterocycles. The molecule has 23 heavy (non-hydrogen) atoms. The standard InChI is InChI=1S/C18H33N3O2/c1-6-7-8-9-10-21-15(11-16(20-21)18(3,4)5)17(23)19-12-14(2)13-22/h11,14,22H,6-10,12-13H2,1-5H3,(H,19,23). The molecular formula is C18H33N3O2. The van der Waals surface area contributed by atoms with E-state index in [1.807, 2.05) is 17.7 Å². The number of nitrogens with zero attached hydrogens (tertiary/aromatic N) is 2. The van der Waals surface area contributed by atoms with E-state index < -0.39 is 0 Å². The Hall–Kier alpha value is -1.36. The van der Waals surface area contributed by atoms with Gasteiger partial charge in [0.1, 0.15) is 5.69 Å². The normalized spacial score (nSPS) is 13.1. The monoisotopic (exact) mass is 323 g/mol. The van der Waals surface area contributed by atoms with Crippen molar-refractivity contribution in [2.75, 3.05) is 13.2 Å². The first-order valence-corrected chi connectivity index (χ1v) is 8.77. The summed E-state index contributed by atoms with van der Waals surface area (Å²) in [6.45, 7) is 11.7. The molecule has 0 aromatic carbocycles. The van der Waals surface area contributed by atoms with Gasteiger partial charge in [-0.25, -0.2) is 0 Å². The van der Waals surface area contributed by atoms with Crippen molar-refractivity contribution < 1.29 is 9.90 Å². The summed E-state index contributed by atoms with van der Waals surface area (Å²) in [5, 5.41) is 16.6. The Balaban J connectivity index is 2.84. The van der Waals surface area contributed by atoms with Crippen LogP contribution in [-0.2, 0) is 12.0 Å². The van der Waals surface area contributed by atoms with Gasteiger partial charge in [0, 0.05) is 25.1 Å². The largest absolute Gasteiger partial charge is 0.396 e. The van der Waals surface area contributed by atoms with Crippen LogP contribution >= 0.6 is 0 Å². The number of aryl methyl sites for hydroxylation is 1. The molecule has 0 saturated heterocycles. The number of rotatable bonds is 9. The molecule has 1 atom stereocenters. The average Bonchev–Trinajstić information content (AvgIpc) is 2.93. The van der Waals surface area contributed by atoms with E-state index in [-0.39, 0.29) is 23.8 Å². The summed E-state index contributed by atoms with van der Waals surface area (Å²) in [5.74, 6) is -0.0502. The van der Waals surface area contributed by atoms with E-state index in [0.717, 1.165) is 25.1 Å². The van der Waals surface area contributed by atoms with E-state index in [4.69, 9.17) is 5.11 Å². The van der Waals surface area contributed by atoms with Crippen molar-refractivity contribution in [1.82, 2.24) is 15.1 Å². The van der Waals surface area contributed by atoms with Crippen LogP contribution in [0.1, 0.15) is 76.5 Å². The van der Waals surface area contributed by atoms with Gasteiger partial charge >= 0.3 is 0 Å². The van der Waals surface area contributed by atoms with Crippen LogP contribution in [0.3, 0.4) is 0 Å². The van der Waals surface area contributed by atoms with Crippen molar-refractivity contribution in [2.24, 2.45) is 5.92 Å². The summed E-state index contributed by atoms with van der Waals surface area (Å²) in [4.78, 5) is 12.5. The number of hydrogen-bond acceptors (Lipinski definition) is 3. The van der Waals surface area contributed by atoms with Gasteiger partial charge in [-0.05, 0) is 18.4 Å². The van der Waals surface area contributed by atoms with E-state index >= 15 is 0 Å². The lowest BCUT2D eigenvalue weighted by Gasteiger charge is -2.14. The van der Waals surface area contributed by atoms with E-state index in [2.05, 4.69) is 38.1 Å². The summed E-state index contributed by atoms with van der Waals surface area (Å²) >= 11 is 0. The number of hydrogen-bond donors (Lipinski definition) is 2. The van der Waals surface area contributed by atoms with Crippen molar-refractivity contribution in [2.45, 2.75) is 72.3 Å². The lowest BCUT2D eigenvalue weighted by molar-refractivity contribution is 0.0931. The molecule has 1 heterocycles. The zero-order valence-corrected chi connectivity index (χ0v) is 15.4. The Morgan fingerprint density at radius 2 is 2.04 bits per heavy atom. The highest BCUT2D eigenvalue weighted by molar-refractivity contribution is 5.92. The van der Waals surface area contributed by atoms with Crippen molar-refractivity contribution in [3.05, 3.63) is 17.5 Å². The van der Waals surface area contributed by atoms with Crippen molar-refractivity contribution in [3.8, 4) is 0 Å². The Morgan fingerprint density at radius 1 is 1.35 bits per heavy atom. The summed E-state index contributed by atoms with van der Waals surface area (Å²) in [6, 6.07) is 1.90. The quantitative estimate of drug-likeness (QED) is 0.686. The topological polar surface area (TPSA) is 67.2 Å². The molecule has 0 radical (unpaired) electrons. The first-order valence-electron chi connectivity index (χ1n) is 8.77. The smallest absolute Gasteiger partial charge is 0.269 e. The SMILES string of the molecule is CCCCCCn1nc(C(C)(C)C)cc1C(=O)NCC(C)CO. The van der Waals surface area contributed by atoms with Gasteiger partial charge in [-0.15, -0.1) is 0 Å². The molecule has 5 nitrogen and oxygen atoms in total. The van der Waals surface area contributed by atoms with Crippen LogP contribution in [0, 0.1) is 5.92 Å². The minimum atomic E-state index is -0.108. The third-order valence-corrected chi connectivity index (χ3v) is 3.93. The molecule has 0 bridgehead atoms. The number of carbonyl (C=O) groups excluding carboxylic acids is 1. The van der Waals surface area contributed by atoms with Gasteiger partial charge < -0.3 is 10.4 Å². The molecule has 0 spiro atoms. The fourth-order valence-corrected chi connectivity index (χ4v) is 2.25. The van der Waals surface area contributed by atoms with Crippen LogP contribution in [0.15, 0.2) is 6.07 Å². The Bertz CT molecular complexity index is 489. The third-order valence-electron chi connectivity index (χ3n) is 3.93. The number of aliphatic hydroxyl groups excluding tert-OH is 1. The Kier molecular flexibility index (Phi) is 7.76. The van der Waals surface area contributed by atoms with Gasteiger partial charge in [-0.2, -0.15) is 5.10 Å². The first kappa shape index (κ1) is 19.7. The number of aromatic nitrogens is 2. The number of unbranched alkanes of at least 4 members (excludes halogenated alkanes) is 3. The van der Waals surface area contributed by atoms with Crippen LogP contribution in [0.4, 0.5) is 0 Å². The molecule has 0 saturated carbocycles. The van der Waals surface area contributed by atoms with Crippen molar-refractivity contribution in [3.63, 3.8) is 0 Å². The average molecular weight is 323 g/mol. The van der Waals surface area contributed by atoms with Gasteiger partial charge in [0.05, 0.1) is 5.69 Å². The fraction of sp³-hybridized carbons (Fsp3) is 0.778. The molecule has 132 valence electrons. The minimum absolute atomic E-state index is 0.0574. The van der Waals surface area contributed by atoms with E-state index in [9.17, 15) is 4.79 Å².